The van der Waals surface area contributed by atoms with Gasteiger partial charge in [-0.2, -0.15) is 0 Å². The lowest BCUT2D eigenvalue weighted by Gasteiger charge is -2.09. The number of benzene rings is 3. The van der Waals surface area contributed by atoms with Gasteiger partial charge in [0.1, 0.15) is 12.4 Å². The molecule has 0 atom stereocenters. The molecule has 0 fully saturated rings. The number of ether oxygens (including phenoxy) is 1. The maximum atomic E-state index is 10.9. The molecule has 3 aromatic carbocycles. The molecule has 0 unspecified atom stereocenters. The largest absolute Gasteiger partial charge is 0.488 e. The number of carbonyl (C=O) groups is 1. The maximum absolute atomic E-state index is 10.9. The topological polar surface area (TPSA) is 58.9 Å². The molecule has 0 aliphatic carbocycles. The van der Waals surface area contributed by atoms with Crippen LogP contribution >= 0.6 is 15.9 Å². The number of rotatable bonds is 6. The highest BCUT2D eigenvalue weighted by atomic mass is 79.9. The minimum Gasteiger partial charge on any atom is -0.488 e. The molecule has 26 heavy (non-hydrogen) atoms. The van der Waals surface area contributed by atoms with Gasteiger partial charge in [0.2, 0.25) is 0 Å². The fourth-order valence-electron chi connectivity index (χ4n) is 2.32. The number of halogens is 1. The Morgan fingerprint density at radius 1 is 1.04 bits per heavy atom. The van der Waals surface area contributed by atoms with E-state index in [0.717, 1.165) is 21.3 Å². The molecule has 0 amide bonds. The van der Waals surface area contributed by atoms with Gasteiger partial charge in [-0.25, -0.2) is 4.79 Å². The fourth-order valence-corrected chi connectivity index (χ4v) is 2.71. The summed E-state index contributed by atoms with van der Waals surface area (Å²) in [6.45, 7) is 0.349. The van der Waals surface area contributed by atoms with Crippen LogP contribution in [0.5, 0.6) is 5.75 Å². The molecule has 3 rings (SSSR count). The molecule has 0 aliphatic heterocycles. The summed E-state index contributed by atoms with van der Waals surface area (Å²) >= 11 is 3.43. The minimum atomic E-state index is -0.938. The second kappa shape index (κ2) is 8.45. The smallest absolute Gasteiger partial charge is 0.335 e. The molecule has 0 radical (unpaired) electrons. The number of para-hydroxylation sites is 1. The van der Waals surface area contributed by atoms with E-state index in [1.165, 1.54) is 0 Å². The first-order valence-corrected chi connectivity index (χ1v) is 8.75. The minimum absolute atomic E-state index is 0.260. The lowest BCUT2D eigenvalue weighted by Crippen LogP contribution is -2.00. The summed E-state index contributed by atoms with van der Waals surface area (Å²) in [5.74, 6) is -0.222. The monoisotopic (exact) mass is 409 g/mol. The van der Waals surface area contributed by atoms with Crippen LogP contribution in [0.25, 0.3) is 0 Å². The Labute approximate surface area is 159 Å². The number of carboxylic acids is 1. The number of nitrogens with zero attached hydrogens (tertiary/aromatic N) is 1. The standard InChI is InChI=1S/C21H16BrNO3/c22-18-5-3-6-19(12-18)23-13-17-4-1-2-7-20(17)26-14-15-8-10-16(11-9-15)21(24)25/h1-13H,14H2,(H,24,25). The molecule has 0 spiro atoms. The first kappa shape index (κ1) is 17.9. The van der Waals surface area contributed by atoms with Crippen molar-refractivity contribution in [3.05, 3.63) is 94.0 Å². The molecule has 4 nitrogen and oxygen atoms in total. The van der Waals surface area contributed by atoms with Crippen molar-refractivity contribution in [1.82, 2.24) is 0 Å². The Balaban J connectivity index is 1.72. The molecule has 5 heteroatoms. The average Bonchev–Trinajstić information content (AvgIpc) is 2.66. The van der Waals surface area contributed by atoms with Crippen molar-refractivity contribution in [1.29, 1.82) is 0 Å². The highest BCUT2D eigenvalue weighted by Crippen LogP contribution is 2.21. The van der Waals surface area contributed by atoms with Gasteiger partial charge in [-0.1, -0.05) is 46.3 Å². The van der Waals surface area contributed by atoms with Crippen molar-refractivity contribution in [2.75, 3.05) is 0 Å². The van der Waals surface area contributed by atoms with Crippen molar-refractivity contribution < 1.29 is 14.6 Å². The molecule has 1 N–H and O–H groups in total. The Morgan fingerprint density at radius 3 is 2.54 bits per heavy atom. The predicted octanol–water partition coefficient (Wildman–Crippen LogP) is 5.48. The highest BCUT2D eigenvalue weighted by Gasteiger charge is 2.04. The van der Waals surface area contributed by atoms with Gasteiger partial charge < -0.3 is 9.84 Å². The number of hydrogen-bond donors (Lipinski definition) is 1. The summed E-state index contributed by atoms with van der Waals surface area (Å²) in [4.78, 5) is 15.4. The van der Waals surface area contributed by atoms with Gasteiger partial charge in [0, 0.05) is 16.3 Å². The zero-order valence-electron chi connectivity index (χ0n) is 13.8. The number of aliphatic imine (C=N–C) groups is 1. The van der Waals surface area contributed by atoms with Crippen LogP contribution in [0.15, 0.2) is 82.3 Å². The number of aromatic carboxylic acids is 1. The fraction of sp³-hybridized carbons (Fsp3) is 0.0476. The molecule has 130 valence electrons. The van der Waals surface area contributed by atoms with E-state index < -0.39 is 5.97 Å². The van der Waals surface area contributed by atoms with Gasteiger partial charge in [-0.15, -0.1) is 0 Å². The Kier molecular flexibility index (Phi) is 5.81. The van der Waals surface area contributed by atoms with Gasteiger partial charge in [-0.05, 0) is 48.0 Å². The molecular weight excluding hydrogens is 394 g/mol. The van der Waals surface area contributed by atoms with E-state index in [1.807, 2.05) is 48.5 Å². The molecule has 0 aromatic heterocycles. The van der Waals surface area contributed by atoms with Crippen molar-refractivity contribution in [3.8, 4) is 5.75 Å². The van der Waals surface area contributed by atoms with Gasteiger partial charge in [0.25, 0.3) is 0 Å². The van der Waals surface area contributed by atoms with Crippen LogP contribution in [0.2, 0.25) is 0 Å². The van der Waals surface area contributed by atoms with Gasteiger partial charge in [-0.3, -0.25) is 4.99 Å². The molecule has 0 bridgehead atoms. The Hall–Kier alpha value is -2.92. The zero-order chi connectivity index (χ0) is 18.4. The summed E-state index contributed by atoms with van der Waals surface area (Å²) < 4.78 is 6.86. The first-order valence-electron chi connectivity index (χ1n) is 7.95. The van der Waals surface area contributed by atoms with E-state index in [-0.39, 0.29) is 5.56 Å². The Morgan fingerprint density at radius 2 is 1.81 bits per heavy atom. The van der Waals surface area contributed by atoms with Crippen LogP contribution in [0.3, 0.4) is 0 Å². The second-order valence-electron chi connectivity index (χ2n) is 5.57. The van der Waals surface area contributed by atoms with Crippen molar-refractivity contribution in [3.63, 3.8) is 0 Å². The molecule has 0 saturated heterocycles. The highest BCUT2D eigenvalue weighted by molar-refractivity contribution is 9.10. The van der Waals surface area contributed by atoms with Gasteiger partial charge >= 0.3 is 5.97 Å². The van der Waals surface area contributed by atoms with Gasteiger partial charge in [0.05, 0.1) is 11.3 Å². The molecule has 0 heterocycles. The predicted molar refractivity (Wildman–Crippen MR) is 106 cm³/mol. The molecule has 0 aliphatic rings. The maximum Gasteiger partial charge on any atom is 0.335 e. The summed E-state index contributed by atoms with van der Waals surface area (Å²) in [6.07, 6.45) is 1.77. The van der Waals surface area contributed by atoms with E-state index in [1.54, 1.807) is 30.5 Å². The number of carboxylic acid groups (broad SMARTS) is 1. The second-order valence-corrected chi connectivity index (χ2v) is 6.48. The third-order valence-corrected chi connectivity index (χ3v) is 4.17. The zero-order valence-corrected chi connectivity index (χ0v) is 15.4. The van der Waals surface area contributed by atoms with E-state index in [4.69, 9.17) is 9.84 Å². The van der Waals surface area contributed by atoms with E-state index in [2.05, 4.69) is 20.9 Å². The Bertz CT molecular complexity index is 936. The third kappa shape index (κ3) is 4.80. The van der Waals surface area contributed by atoms with Crippen molar-refractivity contribution >= 4 is 33.8 Å². The summed E-state index contributed by atoms with van der Waals surface area (Å²) in [6, 6.07) is 22.0. The van der Waals surface area contributed by atoms with E-state index >= 15 is 0 Å². The average molecular weight is 410 g/mol. The lowest BCUT2D eigenvalue weighted by molar-refractivity contribution is 0.0697. The van der Waals surface area contributed by atoms with Crippen molar-refractivity contribution in [2.24, 2.45) is 4.99 Å². The summed E-state index contributed by atoms with van der Waals surface area (Å²) in [7, 11) is 0. The summed E-state index contributed by atoms with van der Waals surface area (Å²) in [5.41, 5.74) is 2.87. The van der Waals surface area contributed by atoms with Crippen LogP contribution in [-0.4, -0.2) is 17.3 Å². The van der Waals surface area contributed by atoms with E-state index in [9.17, 15) is 4.79 Å². The lowest BCUT2D eigenvalue weighted by atomic mass is 10.1. The molecule has 3 aromatic rings. The normalized spacial score (nSPS) is 10.8. The SMILES string of the molecule is O=C(O)c1ccc(COc2ccccc2C=Nc2cccc(Br)c2)cc1. The summed E-state index contributed by atoms with van der Waals surface area (Å²) in [5, 5.41) is 8.94. The van der Waals surface area contributed by atoms with Crippen LogP contribution in [0.1, 0.15) is 21.5 Å². The van der Waals surface area contributed by atoms with Crippen molar-refractivity contribution in [2.45, 2.75) is 6.61 Å². The quantitative estimate of drug-likeness (QED) is 0.548. The molecule has 0 saturated carbocycles. The van der Waals surface area contributed by atoms with Crippen LogP contribution in [0, 0.1) is 0 Å². The van der Waals surface area contributed by atoms with Crippen LogP contribution in [0.4, 0.5) is 5.69 Å². The third-order valence-electron chi connectivity index (χ3n) is 3.68. The van der Waals surface area contributed by atoms with Crippen LogP contribution < -0.4 is 4.74 Å². The number of hydrogen-bond acceptors (Lipinski definition) is 3. The van der Waals surface area contributed by atoms with Crippen LogP contribution in [-0.2, 0) is 6.61 Å². The van der Waals surface area contributed by atoms with E-state index in [0.29, 0.717) is 12.4 Å². The van der Waals surface area contributed by atoms with Gasteiger partial charge in [0.15, 0.2) is 0 Å². The first-order chi connectivity index (χ1) is 12.6. The molecular formula is C21H16BrNO3.